The van der Waals surface area contributed by atoms with Crippen molar-refractivity contribution >= 4 is 11.4 Å². The van der Waals surface area contributed by atoms with Gasteiger partial charge >= 0.3 is 0 Å². The Morgan fingerprint density at radius 3 is 2.48 bits per heavy atom. The van der Waals surface area contributed by atoms with E-state index in [0.29, 0.717) is 6.54 Å². The lowest BCUT2D eigenvalue weighted by Gasteiger charge is -2.24. The Kier molecular flexibility index (Phi) is 3.88. The van der Waals surface area contributed by atoms with E-state index in [1.54, 1.807) is 7.11 Å². The summed E-state index contributed by atoms with van der Waals surface area (Å²) in [5.74, 6) is 0.864. The number of methoxy groups -OCH3 is 1. The molecule has 2 aromatic carbocycles. The zero-order valence-corrected chi connectivity index (χ0v) is 12.1. The maximum absolute atomic E-state index is 5.78. The molecule has 1 aliphatic rings. The molecule has 0 aromatic heterocycles. The summed E-state index contributed by atoms with van der Waals surface area (Å²) >= 11 is 0. The van der Waals surface area contributed by atoms with Crippen molar-refractivity contribution in [3.63, 3.8) is 0 Å². The second-order valence-corrected chi connectivity index (χ2v) is 5.04. The first-order valence-corrected chi connectivity index (χ1v) is 7.06. The molecule has 1 aliphatic heterocycles. The van der Waals surface area contributed by atoms with Crippen molar-refractivity contribution < 1.29 is 4.74 Å². The number of benzene rings is 2. The van der Waals surface area contributed by atoms with E-state index in [2.05, 4.69) is 34.4 Å². The number of rotatable bonds is 4. The number of para-hydroxylation sites is 1. The predicted octanol–water partition coefficient (Wildman–Crippen LogP) is 2.96. The number of hydrazone groups is 1. The number of nitrogens with two attached hydrogens (primary N) is 1. The zero-order valence-electron chi connectivity index (χ0n) is 12.1. The first-order valence-electron chi connectivity index (χ1n) is 7.06. The van der Waals surface area contributed by atoms with Gasteiger partial charge in [0.15, 0.2) is 0 Å². The van der Waals surface area contributed by atoms with Crippen molar-refractivity contribution in [3.8, 4) is 5.75 Å². The smallest absolute Gasteiger partial charge is 0.118 e. The number of anilines is 1. The van der Waals surface area contributed by atoms with Crippen LogP contribution in [0.4, 0.5) is 5.69 Å². The highest BCUT2D eigenvalue weighted by Gasteiger charge is 2.28. The molecule has 3 rings (SSSR count). The van der Waals surface area contributed by atoms with Crippen molar-refractivity contribution in [2.24, 2.45) is 10.8 Å². The van der Waals surface area contributed by atoms with Crippen LogP contribution in [0.3, 0.4) is 0 Å². The zero-order chi connectivity index (χ0) is 14.7. The molecule has 21 heavy (non-hydrogen) atoms. The van der Waals surface area contributed by atoms with Crippen LogP contribution >= 0.6 is 0 Å². The lowest BCUT2D eigenvalue weighted by Crippen LogP contribution is -2.18. The Hall–Kier alpha value is -2.33. The molecule has 4 nitrogen and oxygen atoms in total. The lowest BCUT2D eigenvalue weighted by molar-refractivity contribution is 0.414. The molecule has 0 aliphatic carbocycles. The van der Waals surface area contributed by atoms with Crippen LogP contribution in [0.5, 0.6) is 5.75 Å². The van der Waals surface area contributed by atoms with E-state index in [0.717, 1.165) is 23.6 Å². The van der Waals surface area contributed by atoms with Gasteiger partial charge in [0.1, 0.15) is 5.75 Å². The van der Waals surface area contributed by atoms with Crippen LogP contribution in [0.1, 0.15) is 18.0 Å². The predicted molar refractivity (Wildman–Crippen MR) is 85.8 cm³/mol. The van der Waals surface area contributed by atoms with Gasteiger partial charge in [0.05, 0.1) is 24.6 Å². The third-order valence-corrected chi connectivity index (χ3v) is 3.73. The number of hydrogen-bond donors (Lipinski definition) is 1. The lowest BCUT2D eigenvalue weighted by atomic mass is 10.0. The third-order valence-electron chi connectivity index (χ3n) is 3.73. The van der Waals surface area contributed by atoms with E-state index in [9.17, 15) is 0 Å². The fourth-order valence-electron chi connectivity index (χ4n) is 2.60. The normalized spacial score (nSPS) is 17.7. The minimum absolute atomic E-state index is 0.192. The van der Waals surface area contributed by atoms with Crippen LogP contribution in [0, 0.1) is 0 Å². The second kappa shape index (κ2) is 5.97. The van der Waals surface area contributed by atoms with Crippen LogP contribution in [0.15, 0.2) is 59.7 Å². The van der Waals surface area contributed by atoms with E-state index >= 15 is 0 Å². The highest BCUT2D eigenvalue weighted by atomic mass is 16.5. The van der Waals surface area contributed by atoms with Crippen LogP contribution < -0.4 is 15.5 Å². The number of ether oxygens (including phenoxy) is 1. The van der Waals surface area contributed by atoms with Gasteiger partial charge in [0.2, 0.25) is 0 Å². The van der Waals surface area contributed by atoms with Gasteiger partial charge in [-0.3, -0.25) is 5.01 Å². The maximum Gasteiger partial charge on any atom is 0.118 e. The fraction of sp³-hybridized carbons (Fsp3) is 0.235. The van der Waals surface area contributed by atoms with E-state index in [1.807, 2.05) is 30.3 Å². The minimum Gasteiger partial charge on any atom is -0.497 e. The van der Waals surface area contributed by atoms with Gasteiger partial charge in [-0.2, -0.15) is 5.10 Å². The van der Waals surface area contributed by atoms with E-state index in [4.69, 9.17) is 10.5 Å². The van der Waals surface area contributed by atoms with E-state index < -0.39 is 0 Å². The molecule has 0 fully saturated rings. The molecule has 1 atom stereocenters. The SMILES string of the molecule is COc1ccc(C2CC(CN)=NN2c2ccccc2)cc1. The molecule has 2 N–H and O–H groups in total. The van der Waals surface area contributed by atoms with Crippen molar-refractivity contribution in [2.75, 3.05) is 18.7 Å². The Bertz CT molecular complexity index is 622. The average molecular weight is 281 g/mol. The van der Waals surface area contributed by atoms with Crippen LogP contribution in [-0.2, 0) is 0 Å². The first kappa shape index (κ1) is 13.6. The van der Waals surface area contributed by atoms with Crippen molar-refractivity contribution in [1.29, 1.82) is 0 Å². The van der Waals surface area contributed by atoms with Crippen LogP contribution in [-0.4, -0.2) is 19.4 Å². The van der Waals surface area contributed by atoms with Gasteiger partial charge in [-0.15, -0.1) is 0 Å². The first-order chi connectivity index (χ1) is 10.3. The summed E-state index contributed by atoms with van der Waals surface area (Å²) < 4.78 is 5.22. The van der Waals surface area contributed by atoms with Gasteiger partial charge in [-0.1, -0.05) is 30.3 Å². The molecule has 0 bridgehead atoms. The number of nitrogens with zero attached hydrogens (tertiary/aromatic N) is 2. The second-order valence-electron chi connectivity index (χ2n) is 5.04. The van der Waals surface area contributed by atoms with Crippen LogP contribution in [0.25, 0.3) is 0 Å². The molecule has 1 heterocycles. The fourth-order valence-corrected chi connectivity index (χ4v) is 2.60. The summed E-state index contributed by atoms with van der Waals surface area (Å²) in [6.07, 6.45) is 0.859. The molecular formula is C17H19N3O. The summed E-state index contributed by atoms with van der Waals surface area (Å²) in [4.78, 5) is 0. The Balaban J connectivity index is 1.92. The monoisotopic (exact) mass is 281 g/mol. The Morgan fingerprint density at radius 2 is 1.86 bits per heavy atom. The molecule has 2 aromatic rings. The summed E-state index contributed by atoms with van der Waals surface area (Å²) in [5.41, 5.74) is 9.11. The summed E-state index contributed by atoms with van der Waals surface area (Å²) in [6.45, 7) is 0.496. The van der Waals surface area contributed by atoms with Crippen LogP contribution in [0.2, 0.25) is 0 Å². The van der Waals surface area contributed by atoms with Crippen molar-refractivity contribution in [1.82, 2.24) is 0 Å². The summed E-state index contributed by atoms with van der Waals surface area (Å²) in [6, 6.07) is 18.5. The van der Waals surface area contributed by atoms with Gasteiger partial charge in [-0.05, 0) is 29.8 Å². The third kappa shape index (κ3) is 2.76. The molecule has 4 heteroatoms. The van der Waals surface area contributed by atoms with Crippen molar-refractivity contribution in [3.05, 3.63) is 60.2 Å². The molecule has 1 unspecified atom stereocenters. The van der Waals surface area contributed by atoms with Gasteiger partial charge < -0.3 is 10.5 Å². The Labute approximate surface area is 124 Å². The van der Waals surface area contributed by atoms with E-state index in [1.165, 1.54) is 5.56 Å². The molecular weight excluding hydrogens is 262 g/mol. The molecule has 0 amide bonds. The topological polar surface area (TPSA) is 50.9 Å². The standard InChI is InChI=1S/C17H19N3O/c1-21-16-9-7-13(8-10-16)17-11-14(12-18)19-20(17)15-5-3-2-4-6-15/h2-10,17H,11-12,18H2,1H3. The molecule has 0 saturated heterocycles. The summed E-state index contributed by atoms with van der Waals surface area (Å²) in [5, 5.41) is 6.73. The van der Waals surface area contributed by atoms with Gasteiger partial charge in [0, 0.05) is 13.0 Å². The highest BCUT2D eigenvalue weighted by Crippen LogP contribution is 2.35. The Morgan fingerprint density at radius 1 is 1.14 bits per heavy atom. The highest BCUT2D eigenvalue weighted by molar-refractivity contribution is 5.90. The largest absolute Gasteiger partial charge is 0.497 e. The van der Waals surface area contributed by atoms with Crippen molar-refractivity contribution in [2.45, 2.75) is 12.5 Å². The quantitative estimate of drug-likeness (QED) is 0.937. The molecule has 0 spiro atoms. The van der Waals surface area contributed by atoms with E-state index in [-0.39, 0.29) is 6.04 Å². The minimum atomic E-state index is 0.192. The summed E-state index contributed by atoms with van der Waals surface area (Å²) in [7, 11) is 1.68. The number of hydrogen-bond acceptors (Lipinski definition) is 4. The maximum atomic E-state index is 5.78. The molecule has 0 saturated carbocycles. The van der Waals surface area contributed by atoms with Gasteiger partial charge in [-0.25, -0.2) is 0 Å². The average Bonchev–Trinajstić information content (AvgIpc) is 3.00. The molecule has 0 radical (unpaired) electrons. The van der Waals surface area contributed by atoms with Gasteiger partial charge in [0.25, 0.3) is 0 Å². The molecule has 108 valence electrons.